The lowest BCUT2D eigenvalue weighted by molar-refractivity contribution is 0.0746. The summed E-state index contributed by atoms with van der Waals surface area (Å²) in [5, 5.41) is 1.20. The van der Waals surface area contributed by atoms with Gasteiger partial charge in [-0.15, -0.1) is 11.3 Å². The SMILES string of the molecule is Cc1sc2nc(C3CC3)nc(N3CCN(C(=O)c4ccc(Br)cc4)CC3)c2c1C. The zero-order valence-corrected chi connectivity index (χ0v) is 19.0. The zero-order chi connectivity index (χ0) is 20.1. The second-order valence-corrected chi connectivity index (χ2v) is 10.0. The van der Waals surface area contributed by atoms with E-state index >= 15 is 0 Å². The van der Waals surface area contributed by atoms with Crippen LogP contribution in [0.4, 0.5) is 5.82 Å². The number of halogens is 1. The van der Waals surface area contributed by atoms with E-state index < -0.39 is 0 Å². The van der Waals surface area contributed by atoms with Crippen LogP contribution in [-0.4, -0.2) is 47.0 Å². The number of carbonyl (C=O) groups is 1. The molecule has 2 aromatic heterocycles. The van der Waals surface area contributed by atoms with Crippen molar-refractivity contribution >= 4 is 49.2 Å². The van der Waals surface area contributed by atoms with Crippen LogP contribution in [-0.2, 0) is 0 Å². The number of rotatable bonds is 3. The fraction of sp³-hybridized carbons (Fsp3) is 0.409. The van der Waals surface area contributed by atoms with E-state index in [4.69, 9.17) is 9.97 Å². The average Bonchev–Trinajstić information content (AvgIpc) is 3.54. The van der Waals surface area contributed by atoms with Crippen molar-refractivity contribution in [1.29, 1.82) is 0 Å². The molecule has 2 aliphatic rings. The Morgan fingerprint density at radius 2 is 1.76 bits per heavy atom. The van der Waals surface area contributed by atoms with Crippen LogP contribution >= 0.6 is 27.3 Å². The van der Waals surface area contributed by atoms with Gasteiger partial charge in [0.15, 0.2) is 0 Å². The molecular weight excluding hydrogens is 448 g/mol. The average molecular weight is 471 g/mol. The molecule has 1 amide bonds. The number of aryl methyl sites for hydroxylation is 2. The van der Waals surface area contributed by atoms with Gasteiger partial charge in [0.05, 0.1) is 5.39 Å². The molecule has 150 valence electrons. The second kappa shape index (κ2) is 7.36. The van der Waals surface area contributed by atoms with Gasteiger partial charge in [0.25, 0.3) is 5.91 Å². The first-order valence-corrected chi connectivity index (χ1v) is 11.7. The Labute approximate surface area is 182 Å². The van der Waals surface area contributed by atoms with Crippen LogP contribution in [0.1, 0.15) is 45.4 Å². The lowest BCUT2D eigenvalue weighted by atomic mass is 10.1. The molecule has 0 atom stereocenters. The van der Waals surface area contributed by atoms with Gasteiger partial charge in [0.1, 0.15) is 16.5 Å². The molecule has 0 bridgehead atoms. The molecule has 5 rings (SSSR count). The van der Waals surface area contributed by atoms with Gasteiger partial charge in [-0.05, 0) is 56.5 Å². The summed E-state index contributed by atoms with van der Waals surface area (Å²) in [6, 6.07) is 7.60. The Hall–Kier alpha value is -1.99. The molecule has 0 radical (unpaired) electrons. The van der Waals surface area contributed by atoms with E-state index in [1.54, 1.807) is 11.3 Å². The molecule has 0 unspecified atom stereocenters. The van der Waals surface area contributed by atoms with E-state index in [2.05, 4.69) is 34.7 Å². The van der Waals surface area contributed by atoms with Gasteiger partial charge >= 0.3 is 0 Å². The van der Waals surface area contributed by atoms with Gasteiger partial charge in [-0.25, -0.2) is 9.97 Å². The minimum absolute atomic E-state index is 0.103. The van der Waals surface area contributed by atoms with Crippen LogP contribution in [0.3, 0.4) is 0 Å². The standard InChI is InChI=1S/C22H23BrN4OS/c1-13-14(2)29-21-18(13)20(24-19(25-21)15-3-4-15)26-9-11-27(12-10-26)22(28)16-5-7-17(23)8-6-16/h5-8,15H,3-4,9-12H2,1-2H3. The Morgan fingerprint density at radius 3 is 2.41 bits per heavy atom. The summed E-state index contributed by atoms with van der Waals surface area (Å²) in [5.74, 6) is 2.70. The molecule has 1 aliphatic heterocycles. The van der Waals surface area contributed by atoms with Gasteiger partial charge < -0.3 is 9.80 Å². The number of nitrogens with zero attached hydrogens (tertiary/aromatic N) is 4. The molecule has 1 saturated carbocycles. The number of aromatic nitrogens is 2. The highest BCUT2D eigenvalue weighted by molar-refractivity contribution is 9.10. The number of thiophene rings is 1. The van der Waals surface area contributed by atoms with Crippen LogP contribution in [0.2, 0.25) is 0 Å². The number of amides is 1. The molecule has 1 aromatic carbocycles. The number of carbonyl (C=O) groups excluding carboxylic acids is 1. The van der Waals surface area contributed by atoms with Crippen molar-refractivity contribution in [2.45, 2.75) is 32.6 Å². The van der Waals surface area contributed by atoms with Crippen molar-refractivity contribution in [3.8, 4) is 0 Å². The van der Waals surface area contributed by atoms with E-state index in [-0.39, 0.29) is 5.91 Å². The lowest BCUT2D eigenvalue weighted by Gasteiger charge is -2.36. The van der Waals surface area contributed by atoms with E-state index in [0.29, 0.717) is 19.0 Å². The number of hydrogen-bond donors (Lipinski definition) is 0. The summed E-state index contributed by atoms with van der Waals surface area (Å²) in [5.41, 5.74) is 2.03. The van der Waals surface area contributed by atoms with Crippen molar-refractivity contribution in [1.82, 2.24) is 14.9 Å². The summed E-state index contributed by atoms with van der Waals surface area (Å²) in [7, 11) is 0. The highest BCUT2D eigenvalue weighted by Crippen LogP contribution is 2.42. The normalized spacial score (nSPS) is 17.2. The minimum Gasteiger partial charge on any atom is -0.352 e. The second-order valence-electron chi connectivity index (χ2n) is 7.93. The zero-order valence-electron chi connectivity index (χ0n) is 16.6. The molecule has 1 saturated heterocycles. The lowest BCUT2D eigenvalue weighted by Crippen LogP contribution is -2.49. The maximum absolute atomic E-state index is 12.8. The van der Waals surface area contributed by atoms with Crippen molar-refractivity contribution in [2.24, 2.45) is 0 Å². The minimum atomic E-state index is 0.103. The van der Waals surface area contributed by atoms with Crippen LogP contribution < -0.4 is 4.90 Å². The van der Waals surface area contributed by atoms with Gasteiger partial charge in [-0.2, -0.15) is 0 Å². The van der Waals surface area contributed by atoms with E-state index in [1.165, 1.54) is 28.7 Å². The largest absolute Gasteiger partial charge is 0.352 e. The highest BCUT2D eigenvalue weighted by atomic mass is 79.9. The van der Waals surface area contributed by atoms with Crippen molar-refractivity contribution in [3.05, 3.63) is 50.6 Å². The van der Waals surface area contributed by atoms with Gasteiger partial charge in [0, 0.05) is 47.0 Å². The van der Waals surface area contributed by atoms with Crippen molar-refractivity contribution in [3.63, 3.8) is 0 Å². The number of piperazine rings is 1. The van der Waals surface area contributed by atoms with Crippen LogP contribution in [0, 0.1) is 13.8 Å². The first-order chi connectivity index (χ1) is 14.0. The first kappa shape index (κ1) is 19.0. The fourth-order valence-corrected chi connectivity index (χ4v) is 5.19. The van der Waals surface area contributed by atoms with Crippen molar-refractivity contribution in [2.75, 3.05) is 31.1 Å². The third-order valence-electron chi connectivity index (χ3n) is 5.93. The Morgan fingerprint density at radius 1 is 1.07 bits per heavy atom. The maximum atomic E-state index is 12.8. The fourth-order valence-electron chi connectivity index (χ4n) is 3.89. The third kappa shape index (κ3) is 3.55. The number of anilines is 1. The third-order valence-corrected chi connectivity index (χ3v) is 7.56. The molecule has 2 fully saturated rings. The predicted octanol–water partition coefficient (Wildman–Crippen LogP) is 4.91. The van der Waals surface area contributed by atoms with Crippen molar-refractivity contribution < 1.29 is 4.79 Å². The van der Waals surface area contributed by atoms with E-state index in [9.17, 15) is 4.79 Å². The quantitative estimate of drug-likeness (QED) is 0.545. The van der Waals surface area contributed by atoms with Gasteiger partial charge in [-0.1, -0.05) is 15.9 Å². The first-order valence-electron chi connectivity index (χ1n) is 10.1. The smallest absolute Gasteiger partial charge is 0.253 e. The molecule has 29 heavy (non-hydrogen) atoms. The number of benzene rings is 1. The van der Waals surface area contributed by atoms with Crippen LogP contribution in [0.15, 0.2) is 28.7 Å². The number of hydrogen-bond acceptors (Lipinski definition) is 5. The van der Waals surface area contributed by atoms with Crippen LogP contribution in [0.5, 0.6) is 0 Å². The molecular formula is C22H23BrN4OS. The summed E-state index contributed by atoms with van der Waals surface area (Å²) < 4.78 is 0.986. The Balaban J connectivity index is 1.40. The molecule has 5 nitrogen and oxygen atoms in total. The molecule has 0 spiro atoms. The molecule has 0 N–H and O–H groups in total. The monoisotopic (exact) mass is 470 g/mol. The van der Waals surface area contributed by atoms with E-state index in [0.717, 1.165) is 39.6 Å². The van der Waals surface area contributed by atoms with E-state index in [1.807, 2.05) is 29.2 Å². The summed E-state index contributed by atoms with van der Waals surface area (Å²) >= 11 is 5.20. The molecule has 7 heteroatoms. The number of fused-ring (bicyclic) bond motifs is 1. The van der Waals surface area contributed by atoms with Gasteiger partial charge in [0.2, 0.25) is 0 Å². The topological polar surface area (TPSA) is 49.3 Å². The summed E-state index contributed by atoms with van der Waals surface area (Å²) in [6.45, 7) is 7.35. The molecule has 1 aliphatic carbocycles. The van der Waals surface area contributed by atoms with Crippen LogP contribution in [0.25, 0.3) is 10.2 Å². The summed E-state index contributed by atoms with van der Waals surface area (Å²) in [6.07, 6.45) is 2.40. The summed E-state index contributed by atoms with van der Waals surface area (Å²) in [4.78, 5) is 29.5. The Kier molecular flexibility index (Phi) is 4.82. The Bertz CT molecular complexity index is 1080. The van der Waals surface area contributed by atoms with Gasteiger partial charge in [-0.3, -0.25) is 4.79 Å². The predicted molar refractivity (Wildman–Crippen MR) is 121 cm³/mol. The highest BCUT2D eigenvalue weighted by Gasteiger charge is 2.31. The maximum Gasteiger partial charge on any atom is 0.253 e. The molecule has 3 heterocycles. The molecule has 3 aromatic rings.